The lowest BCUT2D eigenvalue weighted by atomic mass is 9.76. The summed E-state index contributed by atoms with van der Waals surface area (Å²) in [6, 6.07) is 10.2. The molecule has 1 aliphatic carbocycles. The lowest BCUT2D eigenvalue weighted by Crippen LogP contribution is -2.59. The second-order valence-electron chi connectivity index (χ2n) is 10.4. The minimum absolute atomic E-state index is 0.270. The SMILES string of the molecule is CS(=O)(=O)NC1CCCC[C@@H]1N1C(=O)c2ccccc2[C@@H](C(=O)NCCn2cc(Cl)cn2)[C@@H]1c1ccc(Cl)cc1Cl. The van der Waals surface area contributed by atoms with E-state index in [0.717, 1.165) is 19.1 Å². The van der Waals surface area contributed by atoms with Gasteiger partial charge in [0.2, 0.25) is 15.9 Å². The van der Waals surface area contributed by atoms with Gasteiger partial charge in [0.05, 0.1) is 36.0 Å². The highest BCUT2D eigenvalue weighted by atomic mass is 35.5. The third-order valence-electron chi connectivity index (χ3n) is 7.63. The van der Waals surface area contributed by atoms with Gasteiger partial charge in [-0.2, -0.15) is 5.10 Å². The number of carbonyl (C=O) groups is 2. The van der Waals surface area contributed by atoms with Gasteiger partial charge >= 0.3 is 0 Å². The Labute approximate surface area is 254 Å². The number of nitrogens with zero attached hydrogens (tertiary/aromatic N) is 3. The normalized spacial score (nSPS) is 22.8. The molecule has 2 aromatic carbocycles. The molecule has 41 heavy (non-hydrogen) atoms. The average Bonchev–Trinajstić information content (AvgIpc) is 3.33. The van der Waals surface area contributed by atoms with Gasteiger partial charge in [-0.05, 0) is 42.2 Å². The molecule has 1 fully saturated rings. The lowest BCUT2D eigenvalue weighted by molar-refractivity contribution is -0.124. The van der Waals surface area contributed by atoms with E-state index < -0.39 is 34.1 Å². The highest BCUT2D eigenvalue weighted by molar-refractivity contribution is 7.88. The van der Waals surface area contributed by atoms with Crippen molar-refractivity contribution in [3.05, 3.63) is 86.6 Å². The maximum Gasteiger partial charge on any atom is 0.255 e. The van der Waals surface area contributed by atoms with Crippen LogP contribution in [-0.2, 0) is 21.4 Å². The number of rotatable bonds is 8. The molecule has 1 saturated carbocycles. The summed E-state index contributed by atoms with van der Waals surface area (Å²) in [5.74, 6) is -1.41. The summed E-state index contributed by atoms with van der Waals surface area (Å²) >= 11 is 19.0. The first kappa shape index (κ1) is 29.8. The molecule has 2 aliphatic rings. The summed E-state index contributed by atoms with van der Waals surface area (Å²) in [6.45, 7) is 0.664. The highest BCUT2D eigenvalue weighted by Crippen LogP contribution is 2.47. The topological polar surface area (TPSA) is 113 Å². The Morgan fingerprint density at radius 2 is 1.80 bits per heavy atom. The molecular formula is C28H30Cl3N5O4S. The fourth-order valence-corrected chi connectivity index (χ4v) is 7.49. The first-order valence-corrected chi connectivity index (χ1v) is 16.4. The number of sulfonamides is 1. The van der Waals surface area contributed by atoms with Gasteiger partial charge in [-0.25, -0.2) is 13.1 Å². The van der Waals surface area contributed by atoms with E-state index in [1.807, 2.05) is 0 Å². The summed E-state index contributed by atoms with van der Waals surface area (Å²) in [5, 5.41) is 8.39. The molecule has 2 N–H and O–H groups in total. The van der Waals surface area contributed by atoms with E-state index in [-0.39, 0.29) is 18.4 Å². The van der Waals surface area contributed by atoms with Gasteiger partial charge < -0.3 is 10.2 Å². The maximum absolute atomic E-state index is 14.3. The molecule has 13 heteroatoms. The Kier molecular flexibility index (Phi) is 8.96. The molecule has 1 unspecified atom stereocenters. The predicted molar refractivity (Wildman–Crippen MR) is 159 cm³/mol. The zero-order valence-electron chi connectivity index (χ0n) is 22.3. The Hall–Kier alpha value is -2.63. The number of amides is 2. The molecule has 5 rings (SSSR count). The molecule has 3 aromatic rings. The van der Waals surface area contributed by atoms with Crippen LogP contribution in [0.1, 0.15) is 59.1 Å². The van der Waals surface area contributed by atoms with Crippen molar-refractivity contribution in [2.75, 3.05) is 12.8 Å². The Balaban J connectivity index is 1.60. The van der Waals surface area contributed by atoms with Crippen molar-refractivity contribution in [3.8, 4) is 0 Å². The molecule has 9 nitrogen and oxygen atoms in total. The quantitative estimate of drug-likeness (QED) is 0.368. The number of benzene rings is 2. The van der Waals surface area contributed by atoms with Crippen LogP contribution < -0.4 is 10.0 Å². The van der Waals surface area contributed by atoms with Gasteiger partial charge in [-0.3, -0.25) is 14.3 Å². The molecule has 1 aromatic heterocycles. The van der Waals surface area contributed by atoms with Crippen molar-refractivity contribution in [3.63, 3.8) is 0 Å². The number of aromatic nitrogens is 2. The van der Waals surface area contributed by atoms with Crippen LogP contribution in [0.15, 0.2) is 54.9 Å². The van der Waals surface area contributed by atoms with Crippen LogP contribution in [0.2, 0.25) is 15.1 Å². The van der Waals surface area contributed by atoms with Gasteiger partial charge in [0.1, 0.15) is 0 Å². The van der Waals surface area contributed by atoms with Crippen LogP contribution in [-0.4, -0.2) is 59.8 Å². The molecule has 0 saturated heterocycles. The van der Waals surface area contributed by atoms with E-state index in [0.29, 0.717) is 51.1 Å². The molecule has 218 valence electrons. The zero-order chi connectivity index (χ0) is 29.3. The van der Waals surface area contributed by atoms with Crippen molar-refractivity contribution < 1.29 is 18.0 Å². The standard InChI is InChI=1S/C28H30Cl3N5O4S/c1-41(39,40)34-23-8-4-5-9-24(23)36-26(21-11-10-17(29)14-22(21)31)25(19-6-2-3-7-20(19)28(36)38)27(37)32-12-13-35-16-18(30)15-33-35/h2-3,6-7,10-11,14-16,23-26,34H,4-5,8-9,12-13H2,1H3,(H,32,37)/t23?,24-,25+,26-/m0/s1. The van der Waals surface area contributed by atoms with Gasteiger partial charge in [-0.1, -0.05) is 71.9 Å². The van der Waals surface area contributed by atoms with Crippen LogP contribution in [0.25, 0.3) is 0 Å². The second kappa shape index (κ2) is 12.3. The van der Waals surface area contributed by atoms with E-state index in [2.05, 4.69) is 15.1 Å². The van der Waals surface area contributed by atoms with Gasteiger partial charge in [0.25, 0.3) is 5.91 Å². The van der Waals surface area contributed by atoms with E-state index in [9.17, 15) is 18.0 Å². The molecule has 2 heterocycles. The van der Waals surface area contributed by atoms with Crippen molar-refractivity contribution in [2.24, 2.45) is 0 Å². The van der Waals surface area contributed by atoms with Crippen molar-refractivity contribution in [2.45, 2.75) is 56.3 Å². The average molecular weight is 639 g/mol. The van der Waals surface area contributed by atoms with Crippen molar-refractivity contribution in [1.82, 2.24) is 24.7 Å². The largest absolute Gasteiger partial charge is 0.354 e. The van der Waals surface area contributed by atoms with Crippen LogP contribution in [0.4, 0.5) is 0 Å². The fraction of sp³-hybridized carbons (Fsp3) is 0.393. The monoisotopic (exact) mass is 637 g/mol. The van der Waals surface area contributed by atoms with Crippen LogP contribution >= 0.6 is 34.8 Å². The van der Waals surface area contributed by atoms with Gasteiger partial charge in [0.15, 0.2) is 0 Å². The fourth-order valence-electron chi connectivity index (χ4n) is 5.99. The molecule has 1 aliphatic heterocycles. The summed E-state index contributed by atoms with van der Waals surface area (Å²) in [5.41, 5.74) is 1.53. The van der Waals surface area contributed by atoms with E-state index in [1.54, 1.807) is 58.2 Å². The Morgan fingerprint density at radius 1 is 1.05 bits per heavy atom. The van der Waals surface area contributed by atoms with E-state index in [4.69, 9.17) is 34.8 Å². The van der Waals surface area contributed by atoms with Crippen LogP contribution in [0.5, 0.6) is 0 Å². The maximum atomic E-state index is 14.3. The second-order valence-corrected chi connectivity index (χ2v) is 13.5. The number of hydrogen-bond acceptors (Lipinski definition) is 5. The smallest absolute Gasteiger partial charge is 0.255 e. The molecular weight excluding hydrogens is 609 g/mol. The van der Waals surface area contributed by atoms with Crippen LogP contribution in [0.3, 0.4) is 0 Å². The first-order valence-electron chi connectivity index (χ1n) is 13.3. The number of hydrogen-bond donors (Lipinski definition) is 2. The van der Waals surface area contributed by atoms with E-state index >= 15 is 0 Å². The molecule has 2 amide bonds. The predicted octanol–water partition coefficient (Wildman–Crippen LogP) is 4.80. The summed E-state index contributed by atoms with van der Waals surface area (Å²) in [7, 11) is -3.56. The molecule has 4 atom stereocenters. The van der Waals surface area contributed by atoms with Crippen molar-refractivity contribution in [1.29, 1.82) is 0 Å². The third-order valence-corrected chi connectivity index (χ3v) is 9.12. The molecule has 0 bridgehead atoms. The lowest BCUT2D eigenvalue weighted by Gasteiger charge is -2.49. The first-order chi connectivity index (χ1) is 19.5. The number of carbonyl (C=O) groups excluding carboxylic acids is 2. The number of halogens is 3. The minimum atomic E-state index is -3.56. The number of nitrogens with one attached hydrogen (secondary N) is 2. The zero-order valence-corrected chi connectivity index (χ0v) is 25.3. The van der Waals surface area contributed by atoms with Crippen molar-refractivity contribution >= 4 is 56.6 Å². The Morgan fingerprint density at radius 3 is 2.51 bits per heavy atom. The summed E-state index contributed by atoms with van der Waals surface area (Å²) in [4.78, 5) is 30.0. The molecule has 0 spiro atoms. The molecule has 0 radical (unpaired) electrons. The highest BCUT2D eigenvalue weighted by Gasteiger charge is 2.49. The van der Waals surface area contributed by atoms with E-state index in [1.165, 1.54) is 6.20 Å². The Bertz CT molecular complexity index is 1560. The minimum Gasteiger partial charge on any atom is -0.354 e. The summed E-state index contributed by atoms with van der Waals surface area (Å²) < 4.78 is 29.0. The van der Waals surface area contributed by atoms with Gasteiger partial charge in [-0.15, -0.1) is 0 Å². The number of fused-ring (bicyclic) bond motifs is 1. The van der Waals surface area contributed by atoms with Crippen LogP contribution in [0, 0.1) is 0 Å². The van der Waals surface area contributed by atoms with Gasteiger partial charge in [0, 0.05) is 40.4 Å². The summed E-state index contributed by atoms with van der Waals surface area (Å²) in [6.07, 6.45) is 7.05. The third kappa shape index (κ3) is 6.57.